The molecular formula is C14H22ClN3O. The number of nitrogens with zero attached hydrogens (tertiary/aromatic N) is 1. The fourth-order valence-electron chi connectivity index (χ4n) is 2.65. The number of benzene rings is 1. The van der Waals surface area contributed by atoms with Crippen molar-refractivity contribution in [1.82, 2.24) is 15.5 Å². The van der Waals surface area contributed by atoms with Crippen LogP contribution in [0.15, 0.2) is 30.3 Å². The molecule has 2 rings (SSSR count). The summed E-state index contributed by atoms with van der Waals surface area (Å²) in [6.45, 7) is 1.39. The summed E-state index contributed by atoms with van der Waals surface area (Å²) in [5.74, 6) is 0.0683. The van der Waals surface area contributed by atoms with Gasteiger partial charge in [0.15, 0.2) is 0 Å². The highest BCUT2D eigenvalue weighted by Crippen LogP contribution is 2.30. The summed E-state index contributed by atoms with van der Waals surface area (Å²) in [6, 6.07) is 10.9. The van der Waals surface area contributed by atoms with Crippen molar-refractivity contribution in [3.63, 3.8) is 0 Å². The van der Waals surface area contributed by atoms with Gasteiger partial charge in [-0.25, -0.2) is 0 Å². The number of carbonyl (C=O) groups excluding carboxylic acids is 1. The Morgan fingerprint density at radius 3 is 2.68 bits per heavy atom. The Morgan fingerprint density at radius 2 is 2.05 bits per heavy atom. The first-order valence-corrected chi connectivity index (χ1v) is 6.41. The predicted octanol–water partition coefficient (Wildman–Crippen LogP) is 1.19. The number of rotatable bonds is 4. The number of likely N-dealkylation sites (N-methyl/N-ethyl adjacent to an activating group) is 2. The Morgan fingerprint density at radius 1 is 1.37 bits per heavy atom. The molecule has 1 aromatic rings. The maximum atomic E-state index is 11.7. The molecular weight excluding hydrogens is 262 g/mol. The van der Waals surface area contributed by atoms with Crippen LogP contribution in [0.4, 0.5) is 0 Å². The van der Waals surface area contributed by atoms with E-state index in [-0.39, 0.29) is 30.4 Å². The Labute approximate surface area is 121 Å². The molecule has 106 valence electrons. The van der Waals surface area contributed by atoms with Gasteiger partial charge < -0.3 is 10.6 Å². The van der Waals surface area contributed by atoms with Crippen molar-refractivity contribution < 1.29 is 4.79 Å². The number of nitrogens with one attached hydrogen (secondary N) is 2. The van der Waals surface area contributed by atoms with Crippen molar-refractivity contribution in [3.8, 4) is 0 Å². The van der Waals surface area contributed by atoms with Crippen LogP contribution < -0.4 is 10.6 Å². The molecule has 1 saturated heterocycles. The molecule has 0 aliphatic carbocycles. The molecule has 19 heavy (non-hydrogen) atoms. The summed E-state index contributed by atoms with van der Waals surface area (Å²) >= 11 is 0. The van der Waals surface area contributed by atoms with E-state index in [1.807, 2.05) is 18.2 Å². The fourth-order valence-corrected chi connectivity index (χ4v) is 2.65. The number of likely N-dealkylation sites (tertiary alicyclic amines) is 1. The van der Waals surface area contributed by atoms with Crippen LogP contribution in [0.1, 0.15) is 18.0 Å². The largest absolute Gasteiger partial charge is 0.350 e. The van der Waals surface area contributed by atoms with Gasteiger partial charge in [-0.05, 0) is 26.1 Å². The maximum absolute atomic E-state index is 11.7. The number of hydrogen-bond acceptors (Lipinski definition) is 3. The summed E-state index contributed by atoms with van der Waals surface area (Å²) in [5, 5.41) is 6.00. The highest BCUT2D eigenvalue weighted by Gasteiger charge is 2.33. The first-order valence-electron chi connectivity index (χ1n) is 6.41. The van der Waals surface area contributed by atoms with Gasteiger partial charge in [-0.1, -0.05) is 30.3 Å². The molecule has 2 atom stereocenters. The van der Waals surface area contributed by atoms with Gasteiger partial charge in [-0.2, -0.15) is 0 Å². The molecule has 1 fully saturated rings. The third-order valence-corrected chi connectivity index (χ3v) is 3.47. The Balaban J connectivity index is 0.00000180. The van der Waals surface area contributed by atoms with E-state index in [2.05, 4.69) is 34.7 Å². The fraction of sp³-hybridized carbons (Fsp3) is 0.500. The quantitative estimate of drug-likeness (QED) is 0.872. The molecule has 1 amide bonds. The summed E-state index contributed by atoms with van der Waals surface area (Å²) in [5.41, 5.74) is 1.27. The van der Waals surface area contributed by atoms with Gasteiger partial charge in [-0.3, -0.25) is 9.69 Å². The molecule has 1 aliphatic heterocycles. The minimum Gasteiger partial charge on any atom is -0.350 e. The number of halogens is 1. The number of amides is 1. The highest BCUT2D eigenvalue weighted by molar-refractivity contribution is 5.85. The van der Waals surface area contributed by atoms with Crippen LogP contribution in [0.2, 0.25) is 0 Å². The van der Waals surface area contributed by atoms with Crippen molar-refractivity contribution in [3.05, 3.63) is 35.9 Å². The van der Waals surface area contributed by atoms with E-state index >= 15 is 0 Å². The summed E-state index contributed by atoms with van der Waals surface area (Å²) in [4.78, 5) is 14.0. The lowest BCUT2D eigenvalue weighted by atomic mass is 10.0. The van der Waals surface area contributed by atoms with Crippen molar-refractivity contribution >= 4 is 18.3 Å². The van der Waals surface area contributed by atoms with Gasteiger partial charge >= 0.3 is 0 Å². The van der Waals surface area contributed by atoms with Crippen molar-refractivity contribution in [1.29, 1.82) is 0 Å². The summed E-state index contributed by atoms with van der Waals surface area (Å²) < 4.78 is 0. The van der Waals surface area contributed by atoms with Crippen LogP contribution in [0.5, 0.6) is 0 Å². The van der Waals surface area contributed by atoms with Crippen molar-refractivity contribution in [2.75, 3.05) is 27.2 Å². The lowest BCUT2D eigenvalue weighted by Crippen LogP contribution is -2.42. The maximum Gasteiger partial charge on any atom is 0.234 e. The van der Waals surface area contributed by atoms with Crippen LogP contribution in [0.25, 0.3) is 0 Å². The zero-order valence-electron chi connectivity index (χ0n) is 11.4. The van der Waals surface area contributed by atoms with Gasteiger partial charge in [0, 0.05) is 12.6 Å². The van der Waals surface area contributed by atoms with Crippen LogP contribution in [0, 0.1) is 0 Å². The average molecular weight is 284 g/mol. The normalized spacial score (nSPS) is 22.8. The second-order valence-electron chi connectivity index (χ2n) is 4.83. The van der Waals surface area contributed by atoms with E-state index in [0.717, 1.165) is 13.0 Å². The Bertz CT molecular complexity index is 399. The number of carbonyl (C=O) groups is 1. The first-order chi connectivity index (χ1) is 8.72. The zero-order chi connectivity index (χ0) is 13.0. The second-order valence-corrected chi connectivity index (χ2v) is 4.83. The molecule has 0 saturated carbocycles. The molecule has 0 radical (unpaired) electrons. The zero-order valence-corrected chi connectivity index (χ0v) is 12.2. The van der Waals surface area contributed by atoms with Gasteiger partial charge in [-0.15, -0.1) is 12.4 Å². The third kappa shape index (κ3) is 3.93. The van der Waals surface area contributed by atoms with E-state index in [4.69, 9.17) is 0 Å². The van der Waals surface area contributed by atoms with Gasteiger partial charge in [0.05, 0.1) is 12.6 Å². The topological polar surface area (TPSA) is 44.4 Å². The van der Waals surface area contributed by atoms with Gasteiger partial charge in [0.1, 0.15) is 0 Å². The van der Waals surface area contributed by atoms with Gasteiger partial charge in [0.25, 0.3) is 0 Å². The Hall–Kier alpha value is -1.10. The van der Waals surface area contributed by atoms with E-state index in [1.54, 1.807) is 7.05 Å². The van der Waals surface area contributed by atoms with Crippen molar-refractivity contribution in [2.45, 2.75) is 18.5 Å². The molecule has 1 aromatic carbocycles. The van der Waals surface area contributed by atoms with E-state index in [1.165, 1.54) is 5.56 Å². The van der Waals surface area contributed by atoms with E-state index < -0.39 is 0 Å². The smallest absolute Gasteiger partial charge is 0.234 e. The van der Waals surface area contributed by atoms with Crippen LogP contribution in [0.3, 0.4) is 0 Å². The second kappa shape index (κ2) is 7.48. The molecule has 0 spiro atoms. The first kappa shape index (κ1) is 16.0. The Kier molecular flexibility index (Phi) is 6.28. The van der Waals surface area contributed by atoms with Crippen LogP contribution in [-0.2, 0) is 4.79 Å². The minimum absolute atomic E-state index is 0. The molecule has 5 heteroatoms. The summed E-state index contributed by atoms with van der Waals surface area (Å²) in [7, 11) is 3.90. The predicted molar refractivity (Wildman–Crippen MR) is 79.5 cm³/mol. The SMILES string of the molecule is CNCC(=O)NC1CCN(C)C1c1ccccc1.Cl. The third-order valence-electron chi connectivity index (χ3n) is 3.47. The van der Waals surface area contributed by atoms with Gasteiger partial charge in [0.2, 0.25) is 5.91 Å². The molecule has 0 bridgehead atoms. The summed E-state index contributed by atoms with van der Waals surface area (Å²) in [6.07, 6.45) is 1.01. The average Bonchev–Trinajstić information content (AvgIpc) is 2.72. The lowest BCUT2D eigenvalue weighted by molar-refractivity contribution is -0.121. The standard InChI is InChI=1S/C14H21N3O.ClH/c1-15-10-13(18)16-12-8-9-17(2)14(12)11-6-4-3-5-7-11;/h3-7,12,14-15H,8-10H2,1-2H3,(H,16,18);1H. The molecule has 1 aliphatic rings. The molecule has 0 aromatic heterocycles. The van der Waals surface area contributed by atoms with Crippen LogP contribution in [-0.4, -0.2) is 44.0 Å². The minimum atomic E-state index is 0. The number of hydrogen-bond donors (Lipinski definition) is 2. The molecule has 1 heterocycles. The highest BCUT2D eigenvalue weighted by atomic mass is 35.5. The molecule has 4 nitrogen and oxygen atoms in total. The van der Waals surface area contributed by atoms with E-state index in [0.29, 0.717) is 6.54 Å². The van der Waals surface area contributed by atoms with E-state index in [9.17, 15) is 4.79 Å². The monoisotopic (exact) mass is 283 g/mol. The van der Waals surface area contributed by atoms with Crippen molar-refractivity contribution in [2.24, 2.45) is 0 Å². The van der Waals surface area contributed by atoms with Crippen LogP contribution >= 0.6 is 12.4 Å². The lowest BCUT2D eigenvalue weighted by Gasteiger charge is -2.26. The molecule has 2 unspecified atom stereocenters. The molecule has 2 N–H and O–H groups in total.